The zero-order valence-corrected chi connectivity index (χ0v) is 26.1. The van der Waals surface area contributed by atoms with Crippen molar-refractivity contribution in [2.45, 2.75) is 72.1 Å². The predicted octanol–water partition coefficient (Wildman–Crippen LogP) is 5.14. The molecular formula is C30H45N3O7S. The van der Waals surface area contributed by atoms with E-state index in [4.69, 9.17) is 14.2 Å². The van der Waals surface area contributed by atoms with Gasteiger partial charge in [0.05, 0.1) is 12.8 Å². The second kappa shape index (κ2) is 17.4. The van der Waals surface area contributed by atoms with E-state index in [9.17, 15) is 19.2 Å². The second-order valence-corrected chi connectivity index (χ2v) is 11.7. The molecule has 1 rings (SSSR count). The predicted molar refractivity (Wildman–Crippen MR) is 163 cm³/mol. The normalized spacial score (nSPS) is 12.5. The summed E-state index contributed by atoms with van der Waals surface area (Å²) in [6.07, 6.45) is 3.10. The SMILES string of the molecule is C=CCOc1ccc(N(C(=O)[C@H](C)NC(=O)OC(C)(C)C)N(C(=O)CCC(C)C)[C@H](CSCC=C)C(=O)OC)cc1. The minimum atomic E-state index is -1.14. The van der Waals surface area contributed by atoms with E-state index in [1.807, 2.05) is 13.8 Å². The fourth-order valence-corrected chi connectivity index (χ4v) is 4.32. The van der Waals surface area contributed by atoms with Crippen LogP contribution in [0, 0.1) is 5.92 Å². The maximum absolute atomic E-state index is 14.1. The summed E-state index contributed by atoms with van der Waals surface area (Å²) in [5.74, 6) is -0.410. The molecule has 0 spiro atoms. The van der Waals surface area contributed by atoms with Gasteiger partial charge in [-0.25, -0.2) is 19.6 Å². The molecule has 0 aliphatic heterocycles. The van der Waals surface area contributed by atoms with Crippen LogP contribution in [-0.4, -0.2) is 71.8 Å². The van der Waals surface area contributed by atoms with Crippen molar-refractivity contribution in [2.75, 3.05) is 30.2 Å². The first-order valence-corrected chi connectivity index (χ1v) is 14.7. The Morgan fingerprint density at radius 2 is 1.68 bits per heavy atom. The highest BCUT2D eigenvalue weighted by molar-refractivity contribution is 7.99. The number of nitrogens with one attached hydrogen (secondary N) is 1. The van der Waals surface area contributed by atoms with Crippen LogP contribution in [-0.2, 0) is 23.9 Å². The van der Waals surface area contributed by atoms with E-state index in [1.54, 1.807) is 57.2 Å². The third-order valence-electron chi connectivity index (χ3n) is 5.45. The quantitative estimate of drug-likeness (QED) is 0.129. The molecule has 10 nitrogen and oxygen atoms in total. The van der Waals surface area contributed by atoms with Crippen molar-refractivity contribution in [3.8, 4) is 5.75 Å². The van der Waals surface area contributed by atoms with E-state index in [0.717, 1.165) is 10.0 Å². The molecule has 41 heavy (non-hydrogen) atoms. The van der Waals surface area contributed by atoms with Gasteiger partial charge in [-0.15, -0.1) is 6.58 Å². The van der Waals surface area contributed by atoms with Crippen LogP contribution >= 0.6 is 11.8 Å². The molecule has 228 valence electrons. The molecule has 0 bridgehead atoms. The van der Waals surface area contributed by atoms with Crippen LogP contribution in [0.1, 0.15) is 54.4 Å². The first-order valence-electron chi connectivity index (χ1n) is 13.5. The number of carbonyl (C=O) groups excluding carboxylic acids is 4. The highest BCUT2D eigenvalue weighted by atomic mass is 32.2. The number of alkyl carbamates (subject to hydrolysis) is 1. The summed E-state index contributed by atoms with van der Waals surface area (Å²) in [4.78, 5) is 53.6. The number of hydrogen-bond donors (Lipinski definition) is 1. The van der Waals surface area contributed by atoms with E-state index in [0.29, 0.717) is 23.6 Å². The summed E-state index contributed by atoms with van der Waals surface area (Å²) in [5, 5.41) is 4.83. The van der Waals surface area contributed by atoms with Gasteiger partial charge in [0, 0.05) is 17.9 Å². The number of benzene rings is 1. The molecular weight excluding hydrogens is 546 g/mol. The maximum Gasteiger partial charge on any atom is 0.408 e. The van der Waals surface area contributed by atoms with Crippen LogP contribution in [0.2, 0.25) is 0 Å². The molecule has 0 heterocycles. The van der Waals surface area contributed by atoms with Gasteiger partial charge in [0.1, 0.15) is 24.0 Å². The fourth-order valence-electron chi connectivity index (χ4n) is 3.52. The first-order chi connectivity index (χ1) is 19.2. The van der Waals surface area contributed by atoms with Crippen molar-refractivity contribution < 1.29 is 33.4 Å². The Morgan fingerprint density at radius 1 is 1.05 bits per heavy atom. The lowest BCUT2D eigenvalue weighted by Gasteiger charge is -2.40. The number of esters is 1. The van der Waals surface area contributed by atoms with Crippen molar-refractivity contribution in [2.24, 2.45) is 5.92 Å². The van der Waals surface area contributed by atoms with Crippen LogP contribution < -0.4 is 15.1 Å². The number of anilines is 1. The molecule has 0 aliphatic rings. The third-order valence-corrected chi connectivity index (χ3v) is 6.47. The summed E-state index contributed by atoms with van der Waals surface area (Å²) in [5.41, 5.74) is -0.496. The Morgan fingerprint density at radius 3 is 2.20 bits per heavy atom. The minimum absolute atomic E-state index is 0.0788. The number of carbonyl (C=O) groups is 4. The van der Waals surface area contributed by atoms with Crippen molar-refractivity contribution in [1.29, 1.82) is 0 Å². The Hall–Kier alpha value is -3.47. The largest absolute Gasteiger partial charge is 0.490 e. The molecule has 3 amide bonds. The molecule has 1 aromatic carbocycles. The summed E-state index contributed by atoms with van der Waals surface area (Å²) >= 11 is 1.37. The average Bonchev–Trinajstić information content (AvgIpc) is 2.90. The standard InChI is InChI=1S/C30H45N3O7S/c1-10-18-39-24-15-13-23(14-16-24)32(27(35)22(5)31-29(37)40-30(6,7)8)33(26(34)17-12-21(3)4)25(28(36)38-9)20-41-19-11-2/h10-11,13-16,21-22,25H,1-2,12,17-20H2,3-9H3,(H,31,37)/t22-,25+/m0/s1. The summed E-state index contributed by atoms with van der Waals surface area (Å²) < 4.78 is 16.0. The smallest absolute Gasteiger partial charge is 0.408 e. The topological polar surface area (TPSA) is 114 Å². The van der Waals surface area contributed by atoms with E-state index >= 15 is 0 Å². The monoisotopic (exact) mass is 591 g/mol. The fraction of sp³-hybridized carbons (Fsp3) is 0.533. The van der Waals surface area contributed by atoms with Gasteiger partial charge in [-0.05, 0) is 64.3 Å². The average molecular weight is 592 g/mol. The molecule has 0 saturated carbocycles. The Kier molecular flexibility index (Phi) is 15.1. The number of amides is 3. The van der Waals surface area contributed by atoms with Gasteiger partial charge in [0.25, 0.3) is 5.91 Å². The summed E-state index contributed by atoms with van der Waals surface area (Å²) in [6.45, 7) is 18.2. The maximum atomic E-state index is 14.1. The molecule has 0 aliphatic carbocycles. The minimum Gasteiger partial charge on any atom is -0.490 e. The molecule has 1 N–H and O–H groups in total. The summed E-state index contributed by atoms with van der Waals surface area (Å²) in [6, 6.07) is 4.22. The van der Waals surface area contributed by atoms with Crippen molar-refractivity contribution in [3.05, 3.63) is 49.6 Å². The van der Waals surface area contributed by atoms with Gasteiger partial charge in [-0.2, -0.15) is 11.8 Å². The number of ether oxygens (including phenoxy) is 3. The highest BCUT2D eigenvalue weighted by Gasteiger charge is 2.40. The van der Waals surface area contributed by atoms with Crippen molar-refractivity contribution >= 4 is 41.3 Å². The number of hydrazine groups is 1. The van der Waals surface area contributed by atoms with Gasteiger partial charge < -0.3 is 19.5 Å². The van der Waals surface area contributed by atoms with Gasteiger partial charge in [0.2, 0.25) is 5.91 Å². The van der Waals surface area contributed by atoms with E-state index in [2.05, 4.69) is 18.5 Å². The molecule has 11 heteroatoms. The Balaban J connectivity index is 3.69. The number of methoxy groups -OCH3 is 1. The van der Waals surface area contributed by atoms with E-state index in [-0.39, 0.29) is 24.7 Å². The van der Waals surface area contributed by atoms with E-state index < -0.39 is 41.6 Å². The zero-order chi connectivity index (χ0) is 31.2. The van der Waals surface area contributed by atoms with Crippen LogP contribution in [0.5, 0.6) is 5.75 Å². The lowest BCUT2D eigenvalue weighted by atomic mass is 10.1. The third kappa shape index (κ3) is 12.3. The lowest BCUT2D eigenvalue weighted by molar-refractivity contribution is -0.154. The van der Waals surface area contributed by atoms with Crippen LogP contribution in [0.15, 0.2) is 49.6 Å². The molecule has 0 radical (unpaired) electrons. The number of thioether (sulfide) groups is 1. The van der Waals surface area contributed by atoms with Gasteiger partial charge >= 0.3 is 12.1 Å². The molecule has 1 aromatic rings. The second-order valence-electron chi connectivity index (χ2n) is 10.6. The number of rotatable bonds is 15. The van der Waals surface area contributed by atoms with E-state index in [1.165, 1.54) is 25.8 Å². The van der Waals surface area contributed by atoms with Crippen molar-refractivity contribution in [3.63, 3.8) is 0 Å². The summed E-state index contributed by atoms with van der Waals surface area (Å²) in [7, 11) is 1.23. The van der Waals surface area contributed by atoms with Crippen LogP contribution in [0.25, 0.3) is 0 Å². The van der Waals surface area contributed by atoms with Gasteiger partial charge in [-0.3, -0.25) is 9.59 Å². The Labute approximate surface area is 248 Å². The van der Waals surface area contributed by atoms with Crippen molar-refractivity contribution in [1.82, 2.24) is 10.3 Å². The molecule has 0 aromatic heterocycles. The molecule has 0 fully saturated rings. The number of nitrogens with zero attached hydrogens (tertiary/aromatic N) is 2. The van der Waals surface area contributed by atoms with Crippen LogP contribution in [0.3, 0.4) is 0 Å². The van der Waals surface area contributed by atoms with Crippen LogP contribution in [0.4, 0.5) is 10.5 Å². The Bertz CT molecular complexity index is 1040. The van der Waals surface area contributed by atoms with Gasteiger partial charge in [-0.1, -0.05) is 32.6 Å². The molecule has 2 atom stereocenters. The first kappa shape index (κ1) is 35.6. The molecule has 0 saturated heterocycles. The van der Waals surface area contributed by atoms with Gasteiger partial charge in [0.15, 0.2) is 6.04 Å². The number of hydrogen-bond acceptors (Lipinski definition) is 8. The zero-order valence-electron chi connectivity index (χ0n) is 25.3. The highest BCUT2D eigenvalue weighted by Crippen LogP contribution is 2.26. The molecule has 0 unspecified atom stereocenters. The lowest BCUT2D eigenvalue weighted by Crippen LogP contribution is -2.62.